The number of halogens is 6. The Hall–Kier alpha value is -1.18. The summed E-state index contributed by atoms with van der Waals surface area (Å²) in [6.45, 7) is 0. The lowest BCUT2D eigenvalue weighted by molar-refractivity contribution is -0.281. The number of anilines is 1. The van der Waals surface area contributed by atoms with Crippen molar-refractivity contribution in [1.82, 2.24) is 0 Å². The van der Waals surface area contributed by atoms with Crippen LogP contribution < -0.4 is 4.90 Å². The maximum atomic E-state index is 13.3. The van der Waals surface area contributed by atoms with E-state index in [2.05, 4.69) is 15.9 Å². The van der Waals surface area contributed by atoms with Crippen molar-refractivity contribution in [2.75, 3.05) is 11.9 Å². The molecule has 0 bridgehead atoms. The number of aryl methyl sites for hydroxylation is 1. The zero-order chi connectivity index (χ0) is 16.0. The fourth-order valence-corrected chi connectivity index (χ4v) is 2.73. The molecule has 116 valence electrons. The second-order valence-corrected chi connectivity index (χ2v) is 5.74. The van der Waals surface area contributed by atoms with Crippen LogP contribution in [0.3, 0.4) is 0 Å². The Balaban J connectivity index is 2.37. The lowest BCUT2D eigenvalue weighted by atomic mass is 9.96. The van der Waals surface area contributed by atoms with Crippen molar-refractivity contribution in [2.24, 2.45) is 0 Å². The molecule has 1 aliphatic heterocycles. The van der Waals surface area contributed by atoms with E-state index in [9.17, 15) is 26.7 Å². The van der Waals surface area contributed by atoms with Crippen LogP contribution in [0, 0.1) is 0 Å². The first-order valence-corrected chi connectivity index (χ1v) is 6.95. The van der Waals surface area contributed by atoms with Gasteiger partial charge in [-0.15, -0.1) is 0 Å². The number of benzene rings is 1. The Morgan fingerprint density at radius 1 is 1.19 bits per heavy atom. The Morgan fingerprint density at radius 2 is 1.81 bits per heavy atom. The molecule has 2 nitrogen and oxygen atoms in total. The number of carbonyl (C=O) groups excluding carboxylic acids is 1. The summed E-state index contributed by atoms with van der Waals surface area (Å²) in [5, 5.41) is 0. The summed E-state index contributed by atoms with van der Waals surface area (Å²) in [6.07, 6.45) is -5.11. The molecule has 0 N–H and O–H groups in total. The van der Waals surface area contributed by atoms with E-state index in [0.717, 1.165) is 0 Å². The van der Waals surface area contributed by atoms with E-state index in [1.165, 1.54) is 30.1 Å². The molecule has 1 aliphatic rings. The van der Waals surface area contributed by atoms with Crippen molar-refractivity contribution in [1.29, 1.82) is 0 Å². The molecule has 1 aromatic rings. The predicted octanol–water partition coefficient (Wildman–Crippen LogP) is 4.23. The van der Waals surface area contributed by atoms with Gasteiger partial charge >= 0.3 is 12.1 Å². The average molecular weight is 372 g/mol. The molecule has 21 heavy (non-hydrogen) atoms. The Kier molecular flexibility index (Phi) is 4.03. The molecule has 1 unspecified atom stereocenters. The zero-order valence-corrected chi connectivity index (χ0v) is 12.4. The normalized spacial score (nSPS) is 17.7. The number of fused-ring (bicyclic) bond motifs is 1. The maximum absolute atomic E-state index is 13.3. The molecule has 1 heterocycles. The highest BCUT2D eigenvalue weighted by molar-refractivity contribution is 9.09. The smallest absolute Gasteiger partial charge is 0.315 e. The Bertz CT molecular complexity index is 572. The SMILES string of the molecule is CN1C(=O)CCc2cc(C(Br)C(F)(F)C(F)(F)F)ccc21. The van der Waals surface area contributed by atoms with Crippen LogP contribution in [0.25, 0.3) is 0 Å². The van der Waals surface area contributed by atoms with E-state index < -0.39 is 16.9 Å². The number of amides is 1. The molecule has 1 aromatic carbocycles. The van der Waals surface area contributed by atoms with E-state index in [-0.39, 0.29) is 17.9 Å². The number of alkyl halides is 6. The predicted molar refractivity (Wildman–Crippen MR) is 70.8 cm³/mol. The van der Waals surface area contributed by atoms with Gasteiger partial charge in [0.2, 0.25) is 5.91 Å². The maximum Gasteiger partial charge on any atom is 0.454 e. The van der Waals surface area contributed by atoms with Crippen LogP contribution >= 0.6 is 15.9 Å². The summed E-state index contributed by atoms with van der Waals surface area (Å²) in [6, 6.07) is 3.85. The highest BCUT2D eigenvalue weighted by Crippen LogP contribution is 2.49. The van der Waals surface area contributed by atoms with Gasteiger partial charge in [-0.25, -0.2) is 0 Å². The summed E-state index contributed by atoms with van der Waals surface area (Å²) >= 11 is 2.45. The topological polar surface area (TPSA) is 20.3 Å². The third kappa shape index (κ3) is 2.77. The van der Waals surface area contributed by atoms with Gasteiger partial charge in [-0.05, 0) is 23.6 Å². The lowest BCUT2D eigenvalue weighted by Gasteiger charge is -2.28. The fourth-order valence-electron chi connectivity index (χ4n) is 2.19. The van der Waals surface area contributed by atoms with Crippen LogP contribution in [-0.2, 0) is 11.2 Å². The first kappa shape index (κ1) is 16.2. The minimum Gasteiger partial charge on any atom is -0.315 e. The molecule has 0 aliphatic carbocycles. The molecular formula is C13H11BrF5NO. The van der Waals surface area contributed by atoms with Crippen LogP contribution in [0.1, 0.15) is 22.4 Å². The number of hydrogen-bond donors (Lipinski definition) is 0. The minimum atomic E-state index is -5.64. The van der Waals surface area contributed by atoms with Crippen LogP contribution in [-0.4, -0.2) is 25.1 Å². The van der Waals surface area contributed by atoms with Crippen LogP contribution in [0.2, 0.25) is 0 Å². The quantitative estimate of drug-likeness (QED) is 0.562. The van der Waals surface area contributed by atoms with E-state index in [4.69, 9.17) is 0 Å². The molecular weight excluding hydrogens is 361 g/mol. The van der Waals surface area contributed by atoms with Gasteiger partial charge in [0.15, 0.2) is 0 Å². The Labute approximate surface area is 126 Å². The van der Waals surface area contributed by atoms with Gasteiger partial charge in [0, 0.05) is 19.2 Å². The highest BCUT2D eigenvalue weighted by Gasteiger charge is 2.62. The summed E-state index contributed by atoms with van der Waals surface area (Å²) < 4.78 is 63.9. The summed E-state index contributed by atoms with van der Waals surface area (Å²) in [7, 11) is 1.54. The van der Waals surface area contributed by atoms with Crippen molar-refractivity contribution >= 4 is 27.5 Å². The molecule has 0 aromatic heterocycles. The van der Waals surface area contributed by atoms with Gasteiger partial charge in [-0.2, -0.15) is 22.0 Å². The average Bonchev–Trinajstić information content (AvgIpc) is 2.40. The van der Waals surface area contributed by atoms with E-state index in [1.54, 1.807) is 0 Å². The standard InChI is InChI=1S/C13H11BrF5NO/c1-20-9-4-2-8(6-7(9)3-5-10(20)21)11(14)12(15,16)13(17,18)19/h2,4,6,11H,3,5H2,1H3. The van der Waals surface area contributed by atoms with Crippen molar-refractivity contribution in [2.45, 2.75) is 29.8 Å². The molecule has 8 heteroatoms. The van der Waals surface area contributed by atoms with E-state index in [1.807, 2.05) is 0 Å². The number of rotatable bonds is 2. The van der Waals surface area contributed by atoms with Crippen LogP contribution in [0.4, 0.5) is 27.6 Å². The lowest BCUT2D eigenvalue weighted by Crippen LogP contribution is -2.40. The second kappa shape index (κ2) is 5.23. The third-order valence-corrected chi connectivity index (χ3v) is 4.54. The molecule has 0 radical (unpaired) electrons. The highest BCUT2D eigenvalue weighted by atomic mass is 79.9. The zero-order valence-electron chi connectivity index (χ0n) is 10.8. The van der Waals surface area contributed by atoms with Crippen molar-refractivity contribution in [3.63, 3.8) is 0 Å². The molecule has 1 amide bonds. The van der Waals surface area contributed by atoms with Crippen LogP contribution in [0.15, 0.2) is 18.2 Å². The molecule has 0 spiro atoms. The monoisotopic (exact) mass is 371 g/mol. The second-order valence-electron chi connectivity index (χ2n) is 4.82. The van der Waals surface area contributed by atoms with Gasteiger partial charge in [0.25, 0.3) is 0 Å². The summed E-state index contributed by atoms with van der Waals surface area (Å²) in [5.74, 6) is -5.00. The molecule has 0 saturated heterocycles. The summed E-state index contributed by atoms with van der Waals surface area (Å²) in [4.78, 5) is 10.7. The van der Waals surface area contributed by atoms with Crippen LogP contribution in [0.5, 0.6) is 0 Å². The number of hydrogen-bond acceptors (Lipinski definition) is 1. The molecule has 0 fully saturated rings. The number of nitrogens with zero attached hydrogens (tertiary/aromatic N) is 1. The van der Waals surface area contributed by atoms with E-state index >= 15 is 0 Å². The van der Waals surface area contributed by atoms with Gasteiger partial charge < -0.3 is 4.90 Å². The number of carbonyl (C=O) groups is 1. The molecule has 1 atom stereocenters. The van der Waals surface area contributed by atoms with Gasteiger partial charge in [-0.3, -0.25) is 4.79 Å². The van der Waals surface area contributed by atoms with Gasteiger partial charge in [0.05, 0.1) is 0 Å². The third-order valence-electron chi connectivity index (χ3n) is 3.44. The first-order valence-electron chi connectivity index (χ1n) is 6.03. The molecule has 0 saturated carbocycles. The summed E-state index contributed by atoms with van der Waals surface area (Å²) in [5.41, 5.74) is 0.945. The first-order chi connectivity index (χ1) is 9.55. The largest absolute Gasteiger partial charge is 0.454 e. The minimum absolute atomic E-state index is 0.119. The van der Waals surface area contributed by atoms with Crippen molar-refractivity contribution in [3.8, 4) is 0 Å². The molecule has 2 rings (SSSR count). The van der Waals surface area contributed by atoms with Gasteiger partial charge in [0.1, 0.15) is 4.83 Å². The van der Waals surface area contributed by atoms with Crippen molar-refractivity contribution < 1.29 is 26.7 Å². The van der Waals surface area contributed by atoms with E-state index in [0.29, 0.717) is 17.7 Å². The van der Waals surface area contributed by atoms with Gasteiger partial charge in [-0.1, -0.05) is 28.1 Å². The Morgan fingerprint density at radius 3 is 2.38 bits per heavy atom. The fraction of sp³-hybridized carbons (Fsp3) is 0.462. The van der Waals surface area contributed by atoms with Crippen molar-refractivity contribution in [3.05, 3.63) is 29.3 Å².